The van der Waals surface area contributed by atoms with Crippen molar-refractivity contribution in [3.63, 3.8) is 0 Å². The Hall–Kier alpha value is 0.0900. The topological polar surface area (TPSA) is 0 Å². The molecule has 0 spiro atoms. The molecule has 59 valence electrons. The number of rotatable bonds is 6. The van der Waals surface area contributed by atoms with Gasteiger partial charge in [-0.1, -0.05) is 25.8 Å². The molecule has 0 bridgehead atoms. The van der Waals surface area contributed by atoms with E-state index in [0.29, 0.717) is 0 Å². The predicted molar refractivity (Wildman–Crippen MR) is 51.3 cm³/mol. The van der Waals surface area contributed by atoms with Crippen molar-refractivity contribution in [2.45, 2.75) is 30.9 Å². The molecule has 0 N–H and O–H groups in total. The molecule has 0 aromatic heterocycles. The first-order valence-electron chi connectivity index (χ1n) is 3.78. The molecule has 1 radical (unpaired) electrons. The van der Waals surface area contributed by atoms with Crippen molar-refractivity contribution in [3.05, 3.63) is 19.6 Å². The number of hydrogen-bond acceptors (Lipinski definition) is 1. The van der Waals surface area contributed by atoms with Gasteiger partial charge in [0, 0.05) is 5.25 Å². The zero-order valence-corrected chi connectivity index (χ0v) is 7.62. The van der Waals surface area contributed by atoms with E-state index in [9.17, 15) is 0 Å². The second-order valence-corrected chi connectivity index (χ2v) is 3.52. The largest absolute Gasteiger partial charge is 0.162 e. The standard InChI is InChI=1S/C9H17S/c1-4-6-8-9(10-3)7-5-2/h5,9H,1-2,4,6-8H2,3H3. The van der Waals surface area contributed by atoms with Gasteiger partial charge in [-0.2, -0.15) is 11.8 Å². The normalized spacial score (nSPS) is 13.0. The Morgan fingerprint density at radius 3 is 2.70 bits per heavy atom. The number of hydrogen-bond donors (Lipinski definition) is 0. The maximum Gasteiger partial charge on any atom is 0.00786 e. The van der Waals surface area contributed by atoms with E-state index in [4.69, 9.17) is 0 Å². The van der Waals surface area contributed by atoms with Gasteiger partial charge in [-0.25, -0.2) is 0 Å². The first-order chi connectivity index (χ1) is 4.85. The van der Waals surface area contributed by atoms with Crippen molar-refractivity contribution >= 4 is 11.8 Å². The average Bonchev–Trinajstić information content (AvgIpc) is 1.98. The minimum Gasteiger partial charge on any atom is -0.162 e. The van der Waals surface area contributed by atoms with Gasteiger partial charge in [-0.3, -0.25) is 0 Å². The number of allylic oxidation sites excluding steroid dienone is 1. The first-order valence-corrected chi connectivity index (χ1v) is 5.06. The second kappa shape index (κ2) is 7.20. The zero-order valence-electron chi connectivity index (χ0n) is 6.81. The highest BCUT2D eigenvalue weighted by atomic mass is 32.2. The Morgan fingerprint density at radius 1 is 1.60 bits per heavy atom. The third-order valence-electron chi connectivity index (χ3n) is 1.54. The van der Waals surface area contributed by atoms with Gasteiger partial charge in [0.25, 0.3) is 0 Å². The van der Waals surface area contributed by atoms with Gasteiger partial charge in [0.1, 0.15) is 0 Å². The van der Waals surface area contributed by atoms with Crippen LogP contribution < -0.4 is 0 Å². The first kappa shape index (κ1) is 10.1. The Bertz CT molecular complexity index is 78.8. The van der Waals surface area contributed by atoms with Crippen LogP contribution in [0.4, 0.5) is 0 Å². The lowest BCUT2D eigenvalue weighted by Crippen LogP contribution is -1.99. The van der Waals surface area contributed by atoms with Gasteiger partial charge in [0.2, 0.25) is 0 Å². The van der Waals surface area contributed by atoms with Crippen molar-refractivity contribution in [3.8, 4) is 0 Å². The summed E-state index contributed by atoms with van der Waals surface area (Å²) in [6, 6.07) is 0. The maximum atomic E-state index is 3.82. The average molecular weight is 157 g/mol. The molecule has 0 amide bonds. The van der Waals surface area contributed by atoms with Crippen LogP contribution in [0.2, 0.25) is 0 Å². The fourth-order valence-corrected chi connectivity index (χ4v) is 1.62. The summed E-state index contributed by atoms with van der Waals surface area (Å²) >= 11 is 1.94. The van der Waals surface area contributed by atoms with E-state index in [0.717, 1.165) is 18.1 Å². The molecule has 0 aliphatic carbocycles. The van der Waals surface area contributed by atoms with Crippen LogP contribution in [0.15, 0.2) is 12.7 Å². The molecule has 1 atom stereocenters. The molecular weight excluding hydrogens is 140 g/mol. The minimum atomic E-state index is 0.777. The smallest absolute Gasteiger partial charge is 0.00786 e. The van der Waals surface area contributed by atoms with Crippen LogP contribution in [0.1, 0.15) is 25.7 Å². The Morgan fingerprint density at radius 2 is 2.30 bits per heavy atom. The summed E-state index contributed by atoms with van der Waals surface area (Å²) in [7, 11) is 0. The summed E-state index contributed by atoms with van der Waals surface area (Å²) in [5.74, 6) is 0. The Kier molecular flexibility index (Phi) is 7.26. The van der Waals surface area contributed by atoms with Crippen molar-refractivity contribution in [1.29, 1.82) is 0 Å². The lowest BCUT2D eigenvalue weighted by molar-refractivity contribution is 0.711. The van der Waals surface area contributed by atoms with E-state index in [-0.39, 0.29) is 0 Å². The molecule has 1 unspecified atom stereocenters. The van der Waals surface area contributed by atoms with Gasteiger partial charge < -0.3 is 0 Å². The summed E-state index contributed by atoms with van der Waals surface area (Å²) < 4.78 is 0. The Labute approximate surface area is 69.1 Å². The Balaban J connectivity index is 3.29. The SMILES string of the molecule is [CH2]CCCC(CC=C)SC. The molecular formula is C9H17S. The predicted octanol–water partition coefficient (Wildman–Crippen LogP) is 3.30. The fraction of sp³-hybridized carbons (Fsp3) is 0.667. The van der Waals surface area contributed by atoms with Crippen LogP contribution >= 0.6 is 11.8 Å². The summed E-state index contributed by atoms with van der Waals surface area (Å²) in [4.78, 5) is 0. The third kappa shape index (κ3) is 4.92. The molecule has 0 aromatic rings. The second-order valence-electron chi connectivity index (χ2n) is 2.38. The van der Waals surface area contributed by atoms with Crippen molar-refractivity contribution in [1.82, 2.24) is 0 Å². The van der Waals surface area contributed by atoms with E-state index >= 15 is 0 Å². The molecule has 0 aromatic carbocycles. The quantitative estimate of drug-likeness (QED) is 0.533. The van der Waals surface area contributed by atoms with Gasteiger partial charge in [-0.15, -0.1) is 6.58 Å². The number of unbranched alkanes of at least 4 members (excludes halogenated alkanes) is 1. The van der Waals surface area contributed by atoms with E-state index in [1.165, 1.54) is 12.8 Å². The molecule has 1 heteroatoms. The van der Waals surface area contributed by atoms with Gasteiger partial charge in [0.15, 0.2) is 0 Å². The van der Waals surface area contributed by atoms with Crippen molar-refractivity contribution in [2.24, 2.45) is 0 Å². The van der Waals surface area contributed by atoms with Gasteiger partial charge in [0.05, 0.1) is 0 Å². The maximum absolute atomic E-state index is 3.82. The van der Waals surface area contributed by atoms with Crippen LogP contribution in [0.5, 0.6) is 0 Å². The lowest BCUT2D eigenvalue weighted by Gasteiger charge is -2.09. The lowest BCUT2D eigenvalue weighted by atomic mass is 10.1. The highest BCUT2D eigenvalue weighted by molar-refractivity contribution is 7.99. The van der Waals surface area contributed by atoms with Gasteiger partial charge in [-0.05, 0) is 19.1 Å². The van der Waals surface area contributed by atoms with Crippen LogP contribution in [0, 0.1) is 6.92 Å². The molecule has 0 aliphatic rings. The molecule has 0 saturated heterocycles. The summed E-state index contributed by atoms with van der Waals surface area (Å²) in [6.45, 7) is 7.54. The number of thioether (sulfide) groups is 1. The molecule has 0 saturated carbocycles. The van der Waals surface area contributed by atoms with E-state index < -0.39 is 0 Å². The highest BCUT2D eigenvalue weighted by Crippen LogP contribution is 2.17. The molecule has 0 aliphatic heterocycles. The minimum absolute atomic E-state index is 0.777. The molecule has 0 heterocycles. The summed E-state index contributed by atoms with van der Waals surface area (Å²) in [5, 5.41) is 0.777. The van der Waals surface area contributed by atoms with E-state index in [2.05, 4.69) is 19.8 Å². The molecule has 0 fully saturated rings. The van der Waals surface area contributed by atoms with Crippen LogP contribution in [0.25, 0.3) is 0 Å². The van der Waals surface area contributed by atoms with Crippen molar-refractivity contribution < 1.29 is 0 Å². The zero-order chi connectivity index (χ0) is 7.82. The third-order valence-corrected chi connectivity index (χ3v) is 2.63. The van der Waals surface area contributed by atoms with Crippen LogP contribution in [-0.2, 0) is 0 Å². The fourth-order valence-electron chi connectivity index (χ4n) is 0.890. The monoisotopic (exact) mass is 157 g/mol. The van der Waals surface area contributed by atoms with Crippen LogP contribution in [-0.4, -0.2) is 11.5 Å². The van der Waals surface area contributed by atoms with E-state index in [1.807, 2.05) is 17.8 Å². The van der Waals surface area contributed by atoms with Gasteiger partial charge >= 0.3 is 0 Å². The summed E-state index contributed by atoms with van der Waals surface area (Å²) in [5.41, 5.74) is 0. The molecule has 0 rings (SSSR count). The molecule has 10 heavy (non-hydrogen) atoms. The highest BCUT2D eigenvalue weighted by Gasteiger charge is 2.02. The van der Waals surface area contributed by atoms with Crippen LogP contribution in [0.3, 0.4) is 0 Å². The summed E-state index contributed by atoms with van der Waals surface area (Å²) in [6.07, 6.45) is 8.91. The van der Waals surface area contributed by atoms with E-state index in [1.54, 1.807) is 0 Å². The molecule has 0 nitrogen and oxygen atoms in total. The van der Waals surface area contributed by atoms with Crippen molar-refractivity contribution in [2.75, 3.05) is 6.26 Å².